The summed E-state index contributed by atoms with van der Waals surface area (Å²) in [6, 6.07) is 2.07. The Morgan fingerprint density at radius 2 is 2.10 bits per heavy atom. The monoisotopic (exact) mass is 293 g/mol. The molecule has 0 aliphatic carbocycles. The highest BCUT2D eigenvalue weighted by molar-refractivity contribution is 7.18. The summed E-state index contributed by atoms with van der Waals surface area (Å²) < 4.78 is 0. The van der Waals surface area contributed by atoms with Gasteiger partial charge < -0.3 is 10.0 Å². The van der Waals surface area contributed by atoms with Gasteiger partial charge in [-0.15, -0.1) is 11.3 Å². The first-order chi connectivity index (χ1) is 9.32. The van der Waals surface area contributed by atoms with Crippen molar-refractivity contribution in [2.75, 3.05) is 11.4 Å². The van der Waals surface area contributed by atoms with E-state index in [-0.39, 0.29) is 12.1 Å². The van der Waals surface area contributed by atoms with E-state index in [1.807, 2.05) is 25.7 Å². The first kappa shape index (κ1) is 14.7. The second-order valence-corrected chi connectivity index (χ2v) is 6.75. The van der Waals surface area contributed by atoms with Gasteiger partial charge in [0, 0.05) is 10.4 Å². The number of carbonyl (C=O) groups is 1. The largest absolute Gasteiger partial charge is 0.480 e. The van der Waals surface area contributed by atoms with E-state index in [1.54, 1.807) is 11.3 Å². The number of fused-ring (bicyclic) bond motifs is 1. The Labute approximate surface area is 122 Å². The zero-order chi connectivity index (χ0) is 14.9. The maximum atomic E-state index is 11.1. The van der Waals surface area contributed by atoms with Crippen molar-refractivity contribution < 1.29 is 9.90 Å². The lowest BCUT2D eigenvalue weighted by atomic mass is 10.1. The molecule has 0 saturated carbocycles. The molecule has 5 nitrogen and oxygen atoms in total. The van der Waals surface area contributed by atoms with E-state index in [9.17, 15) is 4.79 Å². The van der Waals surface area contributed by atoms with Gasteiger partial charge in [0.1, 0.15) is 23.5 Å². The lowest BCUT2D eigenvalue weighted by molar-refractivity contribution is -0.135. The number of carboxylic acids is 1. The number of hydrogen-bond donors (Lipinski definition) is 1. The van der Waals surface area contributed by atoms with Crippen LogP contribution in [0.2, 0.25) is 0 Å². The summed E-state index contributed by atoms with van der Waals surface area (Å²) in [5.41, 5.74) is -0.325. The van der Waals surface area contributed by atoms with Crippen molar-refractivity contribution in [2.45, 2.75) is 39.7 Å². The maximum absolute atomic E-state index is 11.1. The van der Waals surface area contributed by atoms with Gasteiger partial charge in [0.05, 0.1) is 5.39 Å². The molecule has 0 saturated heterocycles. The summed E-state index contributed by atoms with van der Waals surface area (Å²) in [7, 11) is 0. The van der Waals surface area contributed by atoms with Crippen LogP contribution >= 0.6 is 11.3 Å². The molecule has 20 heavy (non-hydrogen) atoms. The number of hydrogen-bond acceptors (Lipinski definition) is 5. The summed E-state index contributed by atoms with van der Waals surface area (Å²) >= 11 is 1.63. The van der Waals surface area contributed by atoms with Gasteiger partial charge in [-0.25, -0.2) is 9.97 Å². The second kappa shape index (κ2) is 5.36. The van der Waals surface area contributed by atoms with E-state index >= 15 is 0 Å². The molecule has 0 spiro atoms. The molecule has 1 N–H and O–H groups in total. The molecule has 0 aromatic carbocycles. The van der Waals surface area contributed by atoms with Crippen molar-refractivity contribution in [2.24, 2.45) is 0 Å². The van der Waals surface area contributed by atoms with Gasteiger partial charge in [0.25, 0.3) is 0 Å². The third-order valence-corrected chi connectivity index (χ3v) is 4.25. The fourth-order valence-electron chi connectivity index (χ4n) is 2.05. The first-order valence-corrected chi connectivity index (χ1v) is 7.37. The van der Waals surface area contributed by atoms with Gasteiger partial charge in [-0.1, -0.05) is 6.92 Å². The van der Waals surface area contributed by atoms with E-state index in [4.69, 9.17) is 5.11 Å². The highest BCUT2D eigenvalue weighted by atomic mass is 32.1. The van der Waals surface area contributed by atoms with Crippen LogP contribution in [0.25, 0.3) is 10.2 Å². The fourth-order valence-corrected chi connectivity index (χ4v) is 2.98. The van der Waals surface area contributed by atoms with Crippen LogP contribution < -0.4 is 4.90 Å². The molecule has 0 radical (unpaired) electrons. The number of nitrogens with zero attached hydrogens (tertiary/aromatic N) is 3. The Bertz CT molecular complexity index is 631. The smallest absolute Gasteiger partial charge is 0.323 e. The van der Waals surface area contributed by atoms with Crippen molar-refractivity contribution in [1.82, 2.24) is 9.97 Å². The van der Waals surface area contributed by atoms with Crippen molar-refractivity contribution in [3.8, 4) is 0 Å². The van der Waals surface area contributed by atoms with Crippen molar-refractivity contribution in [3.05, 3.63) is 17.3 Å². The van der Waals surface area contributed by atoms with Crippen LogP contribution in [-0.2, 0) is 11.2 Å². The minimum absolute atomic E-state index is 0.0765. The standard InChI is InChI=1S/C14H19N3O2S/c1-5-9-6-10-12(15-8-16-13(10)20-9)17(7-11(18)19)14(2,3)4/h6,8H,5,7H2,1-4H3,(H,18,19). The molecule has 0 aliphatic rings. The third kappa shape index (κ3) is 2.90. The summed E-state index contributed by atoms with van der Waals surface area (Å²) in [6.07, 6.45) is 2.45. The molecule has 2 aromatic rings. The van der Waals surface area contributed by atoms with Crippen LogP contribution in [0.3, 0.4) is 0 Å². The highest BCUT2D eigenvalue weighted by Gasteiger charge is 2.27. The SMILES string of the molecule is CCc1cc2c(N(CC(=O)O)C(C)(C)C)ncnc2s1. The normalized spacial score (nSPS) is 11.8. The number of aromatic nitrogens is 2. The molecule has 2 heterocycles. The minimum atomic E-state index is -0.863. The Morgan fingerprint density at radius 1 is 1.40 bits per heavy atom. The Kier molecular flexibility index (Phi) is 3.94. The predicted octanol–water partition coefficient (Wildman–Crippen LogP) is 2.94. The van der Waals surface area contributed by atoms with Gasteiger partial charge in [-0.2, -0.15) is 0 Å². The number of anilines is 1. The number of aliphatic carboxylic acids is 1. The van der Waals surface area contributed by atoms with Gasteiger partial charge >= 0.3 is 5.97 Å². The molecule has 2 rings (SSSR count). The lowest BCUT2D eigenvalue weighted by Gasteiger charge is -2.35. The molecule has 0 amide bonds. The van der Waals surface area contributed by atoms with Gasteiger partial charge in [0.15, 0.2) is 0 Å². The quantitative estimate of drug-likeness (QED) is 0.938. The van der Waals surface area contributed by atoms with E-state index in [0.717, 1.165) is 16.6 Å². The van der Waals surface area contributed by atoms with Crippen molar-refractivity contribution >= 4 is 33.3 Å². The minimum Gasteiger partial charge on any atom is -0.480 e. The van der Waals surface area contributed by atoms with Crippen LogP contribution in [0.5, 0.6) is 0 Å². The molecule has 2 aromatic heterocycles. The molecule has 0 fully saturated rings. The molecular weight excluding hydrogens is 274 g/mol. The average Bonchev–Trinajstić information content (AvgIpc) is 2.77. The topological polar surface area (TPSA) is 66.3 Å². The Balaban J connectivity index is 2.58. The van der Waals surface area contributed by atoms with Crippen LogP contribution in [-0.4, -0.2) is 33.1 Å². The molecule has 6 heteroatoms. The number of rotatable bonds is 4. The van der Waals surface area contributed by atoms with E-state index in [0.29, 0.717) is 5.82 Å². The van der Waals surface area contributed by atoms with E-state index in [1.165, 1.54) is 11.2 Å². The first-order valence-electron chi connectivity index (χ1n) is 6.55. The average molecular weight is 293 g/mol. The molecule has 108 valence electrons. The predicted molar refractivity (Wildman–Crippen MR) is 81.5 cm³/mol. The zero-order valence-corrected chi connectivity index (χ0v) is 13.0. The molecule has 0 aliphatic heterocycles. The van der Waals surface area contributed by atoms with Gasteiger partial charge in [-0.3, -0.25) is 4.79 Å². The Morgan fingerprint density at radius 3 is 2.65 bits per heavy atom. The number of carboxylic acid groups (broad SMARTS) is 1. The second-order valence-electron chi connectivity index (χ2n) is 5.63. The van der Waals surface area contributed by atoms with Crippen LogP contribution in [0.4, 0.5) is 5.82 Å². The van der Waals surface area contributed by atoms with Gasteiger partial charge in [0.2, 0.25) is 0 Å². The lowest BCUT2D eigenvalue weighted by Crippen LogP contribution is -2.45. The van der Waals surface area contributed by atoms with Crippen LogP contribution in [0, 0.1) is 0 Å². The summed E-state index contributed by atoms with van der Waals surface area (Å²) in [5, 5.41) is 10.1. The van der Waals surface area contributed by atoms with Crippen molar-refractivity contribution in [3.63, 3.8) is 0 Å². The molecule has 0 bridgehead atoms. The van der Waals surface area contributed by atoms with Crippen LogP contribution in [0.15, 0.2) is 12.4 Å². The fraction of sp³-hybridized carbons (Fsp3) is 0.500. The zero-order valence-electron chi connectivity index (χ0n) is 12.2. The van der Waals surface area contributed by atoms with Crippen LogP contribution in [0.1, 0.15) is 32.6 Å². The van der Waals surface area contributed by atoms with E-state index in [2.05, 4.69) is 23.0 Å². The van der Waals surface area contributed by atoms with Gasteiger partial charge in [-0.05, 0) is 33.3 Å². The molecular formula is C14H19N3O2S. The number of aryl methyl sites for hydroxylation is 1. The summed E-state index contributed by atoms with van der Waals surface area (Å²) in [5.74, 6) is -0.168. The number of thiophene rings is 1. The van der Waals surface area contributed by atoms with E-state index < -0.39 is 5.97 Å². The molecule has 0 unspecified atom stereocenters. The summed E-state index contributed by atoms with van der Waals surface area (Å²) in [6.45, 7) is 7.97. The summed E-state index contributed by atoms with van der Waals surface area (Å²) in [4.78, 5) is 23.7. The van der Waals surface area contributed by atoms with Crippen molar-refractivity contribution in [1.29, 1.82) is 0 Å². The Hall–Kier alpha value is -1.69. The highest BCUT2D eigenvalue weighted by Crippen LogP contribution is 2.33. The maximum Gasteiger partial charge on any atom is 0.323 e. The third-order valence-electron chi connectivity index (χ3n) is 3.07. The molecule has 0 atom stereocenters.